The summed E-state index contributed by atoms with van der Waals surface area (Å²) in [5, 5.41) is 4.68. The van der Waals surface area contributed by atoms with Gasteiger partial charge in [-0.1, -0.05) is 44.2 Å². The molecule has 0 aliphatic rings. The van der Waals surface area contributed by atoms with Gasteiger partial charge in [0.05, 0.1) is 17.8 Å². The van der Waals surface area contributed by atoms with Crippen molar-refractivity contribution in [1.29, 1.82) is 0 Å². The van der Waals surface area contributed by atoms with Crippen molar-refractivity contribution in [1.82, 2.24) is 9.78 Å². The fourth-order valence-electron chi connectivity index (χ4n) is 2.39. The molecule has 0 saturated carbocycles. The molecule has 0 fully saturated rings. The fraction of sp³-hybridized carbons (Fsp3) is 0.438. The summed E-state index contributed by atoms with van der Waals surface area (Å²) in [6.07, 6.45) is 1.95. The summed E-state index contributed by atoms with van der Waals surface area (Å²) in [5.74, 6) is 0. The lowest BCUT2D eigenvalue weighted by Gasteiger charge is -2.22. The van der Waals surface area contributed by atoms with Crippen LogP contribution in [0.4, 0.5) is 0 Å². The second-order valence-corrected chi connectivity index (χ2v) is 4.96. The van der Waals surface area contributed by atoms with Gasteiger partial charge in [0.1, 0.15) is 0 Å². The van der Waals surface area contributed by atoms with E-state index in [1.165, 1.54) is 5.69 Å². The number of aryl methyl sites for hydroxylation is 2. The predicted octanol–water partition coefficient (Wildman–Crippen LogP) is 3.27. The number of nitrogens with two attached hydrogens (primary N) is 1. The van der Waals surface area contributed by atoms with Gasteiger partial charge in [-0.25, -0.2) is 0 Å². The first kappa shape index (κ1) is 13.8. The molecule has 2 rings (SSSR count). The minimum atomic E-state index is -0.0314. The maximum absolute atomic E-state index is 6.38. The molecule has 3 nitrogen and oxygen atoms in total. The molecule has 2 aromatic rings. The third-order valence-electron chi connectivity index (χ3n) is 3.68. The van der Waals surface area contributed by atoms with Gasteiger partial charge in [-0.3, -0.25) is 4.68 Å². The van der Waals surface area contributed by atoms with Crippen LogP contribution >= 0.6 is 0 Å². The highest BCUT2D eigenvalue weighted by Crippen LogP contribution is 2.25. The van der Waals surface area contributed by atoms with Crippen molar-refractivity contribution in [2.75, 3.05) is 0 Å². The highest BCUT2D eigenvalue weighted by molar-refractivity contribution is 5.20. The molecule has 2 N–H and O–H groups in total. The quantitative estimate of drug-likeness (QED) is 0.893. The molecule has 3 heteroatoms. The molecule has 0 spiro atoms. The minimum absolute atomic E-state index is 0.0314. The van der Waals surface area contributed by atoms with Crippen LogP contribution in [-0.2, 0) is 12.8 Å². The Hall–Kier alpha value is -1.61. The normalized spacial score (nSPS) is 14.3. The molecule has 2 atom stereocenters. The Morgan fingerprint density at radius 3 is 2.42 bits per heavy atom. The van der Waals surface area contributed by atoms with E-state index in [0.29, 0.717) is 0 Å². The first-order chi connectivity index (χ1) is 9.17. The van der Waals surface area contributed by atoms with Crippen molar-refractivity contribution in [3.63, 3.8) is 0 Å². The second kappa shape index (κ2) is 6.02. The van der Waals surface area contributed by atoms with Crippen molar-refractivity contribution < 1.29 is 0 Å². The Kier molecular flexibility index (Phi) is 4.38. The van der Waals surface area contributed by atoms with E-state index in [1.807, 2.05) is 18.2 Å². The minimum Gasteiger partial charge on any atom is -0.322 e. The van der Waals surface area contributed by atoms with E-state index in [9.17, 15) is 0 Å². The summed E-state index contributed by atoms with van der Waals surface area (Å²) in [4.78, 5) is 0. The molecule has 0 bridgehead atoms. The molecular weight excluding hydrogens is 234 g/mol. The fourth-order valence-corrected chi connectivity index (χ4v) is 2.39. The highest BCUT2D eigenvalue weighted by Gasteiger charge is 2.19. The monoisotopic (exact) mass is 257 g/mol. The van der Waals surface area contributed by atoms with E-state index in [2.05, 4.69) is 48.8 Å². The summed E-state index contributed by atoms with van der Waals surface area (Å²) < 4.78 is 2.09. The molecule has 1 heterocycles. The summed E-state index contributed by atoms with van der Waals surface area (Å²) in [7, 11) is 0. The lowest BCUT2D eigenvalue weighted by atomic mass is 10.0. The van der Waals surface area contributed by atoms with E-state index < -0.39 is 0 Å². The molecule has 0 aliphatic carbocycles. The Bertz CT molecular complexity index is 516. The zero-order chi connectivity index (χ0) is 13.8. The third-order valence-corrected chi connectivity index (χ3v) is 3.68. The molecule has 19 heavy (non-hydrogen) atoms. The summed E-state index contributed by atoms with van der Waals surface area (Å²) >= 11 is 0. The van der Waals surface area contributed by atoms with Gasteiger partial charge in [0.15, 0.2) is 0 Å². The lowest BCUT2D eigenvalue weighted by Crippen LogP contribution is -2.24. The highest BCUT2D eigenvalue weighted by atomic mass is 15.3. The first-order valence-electron chi connectivity index (χ1n) is 7.05. The number of aromatic nitrogens is 2. The van der Waals surface area contributed by atoms with E-state index in [0.717, 1.165) is 24.1 Å². The van der Waals surface area contributed by atoms with Gasteiger partial charge < -0.3 is 5.73 Å². The molecule has 2 unspecified atom stereocenters. The van der Waals surface area contributed by atoms with Crippen LogP contribution in [0.25, 0.3) is 0 Å². The maximum atomic E-state index is 6.38. The van der Waals surface area contributed by atoms with Crippen molar-refractivity contribution >= 4 is 0 Å². The van der Waals surface area contributed by atoms with Gasteiger partial charge in [-0.2, -0.15) is 5.10 Å². The predicted molar refractivity (Wildman–Crippen MR) is 79.1 cm³/mol. The van der Waals surface area contributed by atoms with Gasteiger partial charge >= 0.3 is 0 Å². The molecule has 1 aromatic carbocycles. The van der Waals surface area contributed by atoms with Crippen LogP contribution in [0, 0.1) is 0 Å². The standard InChI is InChI=1S/C16H23N3/c1-4-14-11-15(5-2)19(18-14)12(3)16(17)13-9-7-6-8-10-13/h6-12,16H,4-5,17H2,1-3H3. The Labute approximate surface area is 115 Å². The maximum Gasteiger partial charge on any atom is 0.0686 e. The van der Waals surface area contributed by atoms with Gasteiger partial charge in [0, 0.05) is 5.69 Å². The second-order valence-electron chi connectivity index (χ2n) is 4.96. The van der Waals surface area contributed by atoms with Crippen molar-refractivity contribution in [2.45, 2.75) is 45.7 Å². The Morgan fingerprint density at radius 1 is 1.16 bits per heavy atom. The van der Waals surface area contributed by atoms with Gasteiger partial charge in [0.2, 0.25) is 0 Å². The van der Waals surface area contributed by atoms with Crippen LogP contribution in [-0.4, -0.2) is 9.78 Å². The molecule has 0 amide bonds. The van der Waals surface area contributed by atoms with E-state index >= 15 is 0 Å². The average molecular weight is 257 g/mol. The van der Waals surface area contributed by atoms with Gasteiger partial charge in [-0.05, 0) is 31.4 Å². The number of nitrogens with zero attached hydrogens (tertiary/aromatic N) is 2. The summed E-state index contributed by atoms with van der Waals surface area (Å²) in [5.41, 5.74) is 9.94. The third kappa shape index (κ3) is 2.87. The molecular formula is C16H23N3. The number of hydrogen-bond acceptors (Lipinski definition) is 2. The zero-order valence-electron chi connectivity index (χ0n) is 12.0. The van der Waals surface area contributed by atoms with Crippen LogP contribution in [0.5, 0.6) is 0 Å². The molecule has 1 aromatic heterocycles. The van der Waals surface area contributed by atoms with Crippen LogP contribution in [0.15, 0.2) is 36.4 Å². The van der Waals surface area contributed by atoms with Crippen LogP contribution in [0.2, 0.25) is 0 Å². The number of benzene rings is 1. The number of hydrogen-bond donors (Lipinski definition) is 1. The number of rotatable bonds is 5. The van der Waals surface area contributed by atoms with Gasteiger partial charge in [0.25, 0.3) is 0 Å². The van der Waals surface area contributed by atoms with E-state index in [1.54, 1.807) is 0 Å². The summed E-state index contributed by atoms with van der Waals surface area (Å²) in [6.45, 7) is 6.44. The zero-order valence-corrected chi connectivity index (χ0v) is 12.0. The van der Waals surface area contributed by atoms with Crippen molar-refractivity contribution in [3.05, 3.63) is 53.3 Å². The molecule has 102 valence electrons. The average Bonchev–Trinajstić information content (AvgIpc) is 2.90. The van der Waals surface area contributed by atoms with Crippen LogP contribution in [0.3, 0.4) is 0 Å². The molecule has 0 aliphatic heterocycles. The first-order valence-corrected chi connectivity index (χ1v) is 7.05. The van der Waals surface area contributed by atoms with E-state index in [4.69, 9.17) is 5.73 Å². The summed E-state index contributed by atoms with van der Waals surface area (Å²) in [6, 6.07) is 12.6. The molecule has 0 saturated heterocycles. The largest absolute Gasteiger partial charge is 0.322 e. The smallest absolute Gasteiger partial charge is 0.0686 e. The van der Waals surface area contributed by atoms with Gasteiger partial charge in [-0.15, -0.1) is 0 Å². The van der Waals surface area contributed by atoms with Crippen molar-refractivity contribution in [2.24, 2.45) is 5.73 Å². The van der Waals surface area contributed by atoms with E-state index in [-0.39, 0.29) is 12.1 Å². The lowest BCUT2D eigenvalue weighted by molar-refractivity contribution is 0.401. The SMILES string of the molecule is CCc1cc(CC)n(C(C)C(N)c2ccccc2)n1. The Morgan fingerprint density at radius 2 is 1.84 bits per heavy atom. The van der Waals surface area contributed by atoms with Crippen LogP contribution < -0.4 is 5.73 Å². The Balaban J connectivity index is 2.28. The molecule has 0 radical (unpaired) electrons. The topological polar surface area (TPSA) is 43.8 Å². The van der Waals surface area contributed by atoms with Crippen molar-refractivity contribution in [3.8, 4) is 0 Å². The van der Waals surface area contributed by atoms with Crippen LogP contribution in [0.1, 0.15) is 49.8 Å².